The topological polar surface area (TPSA) is 46.2 Å². The number of carbonyl (C=O) groups excluding carboxylic acids is 2. The molecule has 1 N–H and O–H groups in total. The van der Waals surface area contributed by atoms with E-state index in [0.717, 1.165) is 24.1 Å². The molecule has 3 nitrogen and oxygen atoms in total. The van der Waals surface area contributed by atoms with Crippen molar-refractivity contribution in [3.8, 4) is 0 Å². The first-order valence-corrected chi connectivity index (χ1v) is 7.54. The minimum absolute atomic E-state index is 0.101. The molecule has 110 valence electrons. The van der Waals surface area contributed by atoms with Gasteiger partial charge in [-0.1, -0.05) is 39.0 Å². The molecule has 0 fully saturated rings. The van der Waals surface area contributed by atoms with Gasteiger partial charge in [0.05, 0.1) is 0 Å². The smallest absolute Gasteiger partial charge is 0.221 e. The normalized spacial score (nSPS) is 10.3. The highest BCUT2D eigenvalue weighted by Crippen LogP contribution is 2.14. The van der Waals surface area contributed by atoms with Crippen LogP contribution in [0.3, 0.4) is 0 Å². The quantitative estimate of drug-likeness (QED) is 0.529. The minimum Gasteiger partial charge on any atom is -0.326 e. The van der Waals surface area contributed by atoms with Gasteiger partial charge in [-0.3, -0.25) is 9.59 Å². The Kier molecular flexibility index (Phi) is 7.63. The largest absolute Gasteiger partial charge is 0.326 e. The van der Waals surface area contributed by atoms with Crippen LogP contribution in [0, 0.1) is 0 Å². The van der Waals surface area contributed by atoms with E-state index in [-0.39, 0.29) is 11.7 Å². The minimum atomic E-state index is -0.101. The van der Waals surface area contributed by atoms with E-state index < -0.39 is 0 Å². The third kappa shape index (κ3) is 6.50. The van der Waals surface area contributed by atoms with Crippen LogP contribution in [0.4, 0.5) is 5.69 Å². The Morgan fingerprint density at radius 1 is 0.950 bits per heavy atom. The van der Waals surface area contributed by atoms with Gasteiger partial charge < -0.3 is 5.32 Å². The summed E-state index contributed by atoms with van der Waals surface area (Å²) in [6, 6.07) is 7.11. The predicted octanol–water partition coefficient (Wildman–Crippen LogP) is 4.58. The summed E-state index contributed by atoms with van der Waals surface area (Å²) in [4.78, 5) is 22.9. The number of nitrogens with one attached hydrogen (secondary N) is 1. The van der Waals surface area contributed by atoms with Crippen molar-refractivity contribution in [2.24, 2.45) is 0 Å². The Bertz CT molecular complexity index is 423. The van der Waals surface area contributed by atoms with Gasteiger partial charge in [0.2, 0.25) is 5.91 Å². The number of ketones is 1. The molecule has 1 rings (SSSR count). The summed E-state index contributed by atoms with van der Waals surface area (Å²) < 4.78 is 0. The van der Waals surface area contributed by atoms with Crippen molar-refractivity contribution in [3.05, 3.63) is 29.8 Å². The molecule has 20 heavy (non-hydrogen) atoms. The Hall–Kier alpha value is -1.64. The van der Waals surface area contributed by atoms with Gasteiger partial charge in [0, 0.05) is 24.6 Å². The first kappa shape index (κ1) is 16.4. The van der Waals surface area contributed by atoms with Crippen LogP contribution in [0.15, 0.2) is 24.3 Å². The van der Waals surface area contributed by atoms with Crippen LogP contribution < -0.4 is 5.32 Å². The van der Waals surface area contributed by atoms with Crippen molar-refractivity contribution < 1.29 is 9.59 Å². The molecule has 1 aromatic carbocycles. The van der Waals surface area contributed by atoms with Gasteiger partial charge in [-0.15, -0.1) is 0 Å². The van der Waals surface area contributed by atoms with Gasteiger partial charge in [0.25, 0.3) is 0 Å². The Morgan fingerprint density at radius 3 is 2.15 bits per heavy atom. The molecule has 0 heterocycles. The zero-order valence-electron chi connectivity index (χ0n) is 12.6. The van der Waals surface area contributed by atoms with Gasteiger partial charge in [-0.05, 0) is 30.7 Å². The van der Waals surface area contributed by atoms with Crippen molar-refractivity contribution in [1.29, 1.82) is 0 Å². The fourth-order valence-electron chi connectivity index (χ4n) is 2.15. The molecule has 0 saturated heterocycles. The fourth-order valence-corrected chi connectivity index (χ4v) is 2.15. The molecule has 0 saturated carbocycles. The second-order valence-corrected chi connectivity index (χ2v) is 5.20. The summed E-state index contributed by atoms with van der Waals surface area (Å²) in [5.41, 5.74) is 1.46. The highest BCUT2D eigenvalue weighted by molar-refractivity contribution is 5.97. The van der Waals surface area contributed by atoms with Crippen LogP contribution in [0.5, 0.6) is 0 Å². The highest BCUT2D eigenvalue weighted by atomic mass is 16.1. The maximum Gasteiger partial charge on any atom is 0.221 e. The summed E-state index contributed by atoms with van der Waals surface area (Å²) >= 11 is 0. The average molecular weight is 275 g/mol. The van der Waals surface area contributed by atoms with Crippen LogP contribution in [-0.2, 0) is 4.79 Å². The van der Waals surface area contributed by atoms with Crippen LogP contribution >= 0.6 is 0 Å². The van der Waals surface area contributed by atoms with E-state index in [1.807, 2.05) is 0 Å². The van der Waals surface area contributed by atoms with Crippen LogP contribution in [0.2, 0.25) is 0 Å². The molecule has 1 aromatic rings. The van der Waals surface area contributed by atoms with Crippen molar-refractivity contribution in [2.75, 3.05) is 5.32 Å². The van der Waals surface area contributed by atoms with E-state index in [9.17, 15) is 9.59 Å². The lowest BCUT2D eigenvalue weighted by Crippen LogP contribution is -2.06. The summed E-state index contributed by atoms with van der Waals surface area (Å²) in [5.74, 6) is 0.0889. The lowest BCUT2D eigenvalue weighted by atomic mass is 10.0. The monoisotopic (exact) mass is 275 g/mol. The van der Waals surface area contributed by atoms with Crippen molar-refractivity contribution in [3.63, 3.8) is 0 Å². The number of rotatable bonds is 9. The third-order valence-corrected chi connectivity index (χ3v) is 3.28. The van der Waals surface area contributed by atoms with Crippen LogP contribution in [0.25, 0.3) is 0 Å². The average Bonchev–Trinajstić information content (AvgIpc) is 2.42. The molecule has 1 amide bonds. The van der Waals surface area contributed by atoms with Crippen molar-refractivity contribution in [2.45, 2.75) is 58.8 Å². The molecular weight excluding hydrogens is 250 g/mol. The second-order valence-electron chi connectivity index (χ2n) is 5.20. The number of hydrogen-bond donors (Lipinski definition) is 1. The maximum atomic E-state index is 12.0. The molecule has 0 aliphatic heterocycles. The zero-order valence-corrected chi connectivity index (χ0v) is 12.6. The summed E-state index contributed by atoms with van der Waals surface area (Å²) in [6.45, 7) is 3.67. The number of Topliss-reactive ketones (excluding diaryl/α,β-unsaturated/α-hetero) is 1. The first-order chi connectivity index (χ1) is 9.63. The SMILES string of the molecule is CCCCCCCCC(=O)c1ccc(NC(C)=O)cc1. The molecule has 0 atom stereocenters. The van der Waals surface area contributed by atoms with Gasteiger partial charge in [-0.2, -0.15) is 0 Å². The maximum absolute atomic E-state index is 12.0. The molecule has 0 spiro atoms. The number of hydrogen-bond acceptors (Lipinski definition) is 2. The zero-order chi connectivity index (χ0) is 14.8. The van der Waals surface area contributed by atoms with E-state index in [0.29, 0.717) is 6.42 Å². The van der Waals surface area contributed by atoms with Crippen molar-refractivity contribution in [1.82, 2.24) is 0 Å². The van der Waals surface area contributed by atoms with E-state index >= 15 is 0 Å². The van der Waals surface area contributed by atoms with E-state index in [1.54, 1.807) is 24.3 Å². The standard InChI is InChI=1S/C17H25NO2/c1-3-4-5-6-7-8-9-17(20)15-10-12-16(13-11-15)18-14(2)19/h10-13H,3-9H2,1-2H3,(H,18,19). The molecule has 0 aliphatic carbocycles. The molecule has 0 radical (unpaired) electrons. The Labute approximate surface area is 121 Å². The van der Waals surface area contributed by atoms with Gasteiger partial charge in [0.15, 0.2) is 5.78 Å². The second kappa shape index (κ2) is 9.29. The van der Waals surface area contributed by atoms with Crippen LogP contribution in [0.1, 0.15) is 69.2 Å². The number of unbranched alkanes of at least 4 members (excludes halogenated alkanes) is 5. The summed E-state index contributed by atoms with van der Waals surface area (Å²) in [5, 5.41) is 2.69. The predicted molar refractivity (Wildman–Crippen MR) is 83.1 cm³/mol. The molecule has 0 bridgehead atoms. The van der Waals surface area contributed by atoms with Crippen molar-refractivity contribution >= 4 is 17.4 Å². The summed E-state index contributed by atoms with van der Waals surface area (Å²) in [7, 11) is 0. The van der Waals surface area contributed by atoms with E-state index in [4.69, 9.17) is 0 Å². The first-order valence-electron chi connectivity index (χ1n) is 7.54. The lowest BCUT2D eigenvalue weighted by molar-refractivity contribution is -0.114. The lowest BCUT2D eigenvalue weighted by Gasteiger charge is -2.04. The highest BCUT2D eigenvalue weighted by Gasteiger charge is 2.05. The number of benzene rings is 1. The molecular formula is C17H25NO2. The molecule has 0 aromatic heterocycles. The van der Waals surface area contributed by atoms with Gasteiger partial charge in [-0.25, -0.2) is 0 Å². The molecule has 0 aliphatic rings. The molecule has 3 heteroatoms. The van der Waals surface area contributed by atoms with Gasteiger partial charge in [0.1, 0.15) is 0 Å². The third-order valence-electron chi connectivity index (χ3n) is 3.28. The number of carbonyl (C=O) groups is 2. The molecule has 0 unspecified atom stereocenters. The van der Waals surface area contributed by atoms with Crippen LogP contribution in [-0.4, -0.2) is 11.7 Å². The number of anilines is 1. The summed E-state index contributed by atoms with van der Waals surface area (Å²) in [6.07, 6.45) is 7.76. The fraction of sp³-hybridized carbons (Fsp3) is 0.529. The van der Waals surface area contributed by atoms with E-state index in [1.165, 1.54) is 32.6 Å². The van der Waals surface area contributed by atoms with E-state index in [2.05, 4.69) is 12.2 Å². The number of amides is 1. The Morgan fingerprint density at radius 2 is 1.55 bits per heavy atom. The Balaban J connectivity index is 2.30. The van der Waals surface area contributed by atoms with Gasteiger partial charge >= 0.3 is 0 Å².